The van der Waals surface area contributed by atoms with Gasteiger partial charge in [0.1, 0.15) is 0 Å². The lowest BCUT2D eigenvalue weighted by Gasteiger charge is -2.18. The standard InChI is InChI=1S/C18H22IN3O3S/c1-3-22(4-2)26(24,25)15-11-9-14(10-12-15)21-18(23)13-20-17-8-6-5-7-16(17)19/h5-12,20H,3-4,13H2,1-2H3,(H,21,23). The van der Waals surface area contributed by atoms with Gasteiger partial charge in [0.2, 0.25) is 15.9 Å². The third kappa shape index (κ3) is 5.18. The second-order valence-corrected chi connectivity index (χ2v) is 8.60. The lowest BCUT2D eigenvalue weighted by molar-refractivity contribution is -0.114. The molecule has 0 fully saturated rings. The Hall–Kier alpha value is -1.65. The molecule has 2 aromatic carbocycles. The van der Waals surface area contributed by atoms with Crippen molar-refractivity contribution in [2.45, 2.75) is 18.7 Å². The molecule has 2 rings (SSSR count). The first kappa shape index (κ1) is 20.7. The largest absolute Gasteiger partial charge is 0.375 e. The Bertz CT molecular complexity index is 850. The topological polar surface area (TPSA) is 78.5 Å². The minimum atomic E-state index is -3.49. The zero-order chi connectivity index (χ0) is 19.2. The van der Waals surface area contributed by atoms with E-state index in [1.807, 2.05) is 24.3 Å². The number of halogens is 1. The van der Waals surface area contributed by atoms with E-state index in [1.54, 1.807) is 26.0 Å². The van der Waals surface area contributed by atoms with E-state index in [0.717, 1.165) is 9.26 Å². The lowest BCUT2D eigenvalue weighted by atomic mass is 10.3. The average molecular weight is 487 g/mol. The van der Waals surface area contributed by atoms with Crippen molar-refractivity contribution in [3.8, 4) is 0 Å². The monoisotopic (exact) mass is 487 g/mol. The van der Waals surface area contributed by atoms with Crippen molar-refractivity contribution < 1.29 is 13.2 Å². The van der Waals surface area contributed by atoms with E-state index in [1.165, 1.54) is 16.4 Å². The van der Waals surface area contributed by atoms with E-state index in [-0.39, 0.29) is 17.3 Å². The normalized spacial score (nSPS) is 11.4. The maximum atomic E-state index is 12.4. The van der Waals surface area contributed by atoms with Crippen LogP contribution in [-0.2, 0) is 14.8 Å². The second kappa shape index (κ2) is 9.33. The first-order valence-electron chi connectivity index (χ1n) is 8.27. The number of rotatable bonds is 8. The molecule has 6 nitrogen and oxygen atoms in total. The number of carbonyl (C=O) groups excluding carboxylic acids is 1. The SMILES string of the molecule is CCN(CC)S(=O)(=O)c1ccc(NC(=O)CNc2ccccc2I)cc1. The van der Waals surface area contributed by atoms with Crippen LogP contribution in [0.3, 0.4) is 0 Å². The van der Waals surface area contributed by atoms with Gasteiger partial charge in [-0.1, -0.05) is 26.0 Å². The van der Waals surface area contributed by atoms with Gasteiger partial charge in [-0.05, 0) is 59.0 Å². The van der Waals surface area contributed by atoms with Gasteiger partial charge in [0.05, 0.1) is 11.4 Å². The molecule has 0 saturated carbocycles. The van der Waals surface area contributed by atoms with E-state index in [0.29, 0.717) is 18.8 Å². The van der Waals surface area contributed by atoms with Crippen molar-refractivity contribution in [3.05, 3.63) is 52.1 Å². The first-order valence-corrected chi connectivity index (χ1v) is 10.8. The molecule has 0 aliphatic heterocycles. The summed E-state index contributed by atoms with van der Waals surface area (Å²) >= 11 is 2.20. The lowest BCUT2D eigenvalue weighted by Crippen LogP contribution is -2.30. The van der Waals surface area contributed by atoms with E-state index in [4.69, 9.17) is 0 Å². The average Bonchev–Trinajstić information content (AvgIpc) is 2.62. The molecule has 2 aromatic rings. The number of sulfonamides is 1. The van der Waals surface area contributed by atoms with Crippen molar-refractivity contribution >= 4 is 49.9 Å². The molecule has 0 aliphatic carbocycles. The highest BCUT2D eigenvalue weighted by molar-refractivity contribution is 14.1. The zero-order valence-electron chi connectivity index (χ0n) is 14.7. The van der Waals surface area contributed by atoms with Gasteiger partial charge in [0.25, 0.3) is 0 Å². The van der Waals surface area contributed by atoms with Gasteiger partial charge in [-0.2, -0.15) is 4.31 Å². The Morgan fingerprint density at radius 3 is 2.23 bits per heavy atom. The van der Waals surface area contributed by atoms with Gasteiger partial charge in [-0.25, -0.2) is 8.42 Å². The molecule has 0 bridgehead atoms. The third-order valence-corrected chi connectivity index (χ3v) is 6.80. The summed E-state index contributed by atoms with van der Waals surface area (Å²) in [5.74, 6) is -0.205. The van der Waals surface area contributed by atoms with E-state index < -0.39 is 10.0 Å². The van der Waals surface area contributed by atoms with Crippen molar-refractivity contribution in [2.24, 2.45) is 0 Å². The fourth-order valence-electron chi connectivity index (χ4n) is 2.41. The summed E-state index contributed by atoms with van der Waals surface area (Å²) in [7, 11) is -3.49. The quantitative estimate of drug-likeness (QED) is 0.560. The minimum absolute atomic E-state index is 0.125. The molecule has 0 aromatic heterocycles. The van der Waals surface area contributed by atoms with Crippen LogP contribution in [0, 0.1) is 3.57 Å². The highest BCUT2D eigenvalue weighted by Crippen LogP contribution is 2.19. The summed E-state index contributed by atoms with van der Waals surface area (Å²) in [5.41, 5.74) is 1.45. The van der Waals surface area contributed by atoms with Gasteiger partial charge in [-0.3, -0.25) is 4.79 Å². The summed E-state index contributed by atoms with van der Waals surface area (Å²) < 4.78 is 27.3. The van der Waals surface area contributed by atoms with Gasteiger partial charge in [0.15, 0.2) is 0 Å². The number of nitrogens with zero attached hydrogens (tertiary/aromatic N) is 1. The summed E-state index contributed by atoms with van der Waals surface area (Å²) in [4.78, 5) is 12.3. The number of para-hydroxylation sites is 1. The van der Waals surface area contributed by atoms with Gasteiger partial charge in [0, 0.05) is 28.0 Å². The molecular formula is C18H22IN3O3S. The molecule has 0 spiro atoms. The molecule has 0 unspecified atom stereocenters. The van der Waals surface area contributed by atoms with Gasteiger partial charge < -0.3 is 10.6 Å². The number of anilines is 2. The molecule has 0 heterocycles. The highest BCUT2D eigenvalue weighted by Gasteiger charge is 2.21. The number of nitrogens with one attached hydrogen (secondary N) is 2. The second-order valence-electron chi connectivity index (χ2n) is 5.50. The Morgan fingerprint density at radius 1 is 1.04 bits per heavy atom. The first-order chi connectivity index (χ1) is 12.4. The number of hydrogen-bond acceptors (Lipinski definition) is 4. The third-order valence-electron chi connectivity index (χ3n) is 3.79. The Morgan fingerprint density at radius 2 is 1.65 bits per heavy atom. The Balaban J connectivity index is 1.98. The number of hydrogen-bond donors (Lipinski definition) is 2. The molecule has 2 N–H and O–H groups in total. The molecule has 0 saturated heterocycles. The maximum Gasteiger partial charge on any atom is 0.243 e. The van der Waals surface area contributed by atoms with Crippen LogP contribution in [-0.4, -0.2) is 38.3 Å². The van der Waals surface area contributed by atoms with Crippen LogP contribution in [0.5, 0.6) is 0 Å². The number of carbonyl (C=O) groups is 1. The fourth-order valence-corrected chi connectivity index (χ4v) is 4.44. The smallest absolute Gasteiger partial charge is 0.243 e. The molecule has 0 atom stereocenters. The van der Waals surface area contributed by atoms with E-state index in [9.17, 15) is 13.2 Å². The molecule has 0 aliphatic rings. The summed E-state index contributed by atoms with van der Waals surface area (Å²) in [6, 6.07) is 13.9. The van der Waals surface area contributed by atoms with Crippen LogP contribution >= 0.6 is 22.6 Å². The van der Waals surface area contributed by atoms with Crippen molar-refractivity contribution in [1.82, 2.24) is 4.31 Å². The van der Waals surface area contributed by atoms with Crippen LogP contribution in [0.1, 0.15) is 13.8 Å². The van der Waals surface area contributed by atoms with Gasteiger partial charge >= 0.3 is 0 Å². The summed E-state index contributed by atoms with van der Waals surface area (Å²) in [5, 5.41) is 5.83. The van der Waals surface area contributed by atoms with Crippen LogP contribution in [0.25, 0.3) is 0 Å². The molecule has 1 amide bonds. The predicted molar refractivity (Wildman–Crippen MR) is 113 cm³/mol. The highest BCUT2D eigenvalue weighted by atomic mass is 127. The molecule has 0 radical (unpaired) electrons. The van der Waals surface area contributed by atoms with Crippen molar-refractivity contribution in [2.75, 3.05) is 30.3 Å². The summed E-state index contributed by atoms with van der Waals surface area (Å²) in [6.07, 6.45) is 0. The minimum Gasteiger partial charge on any atom is -0.375 e. The van der Waals surface area contributed by atoms with Gasteiger partial charge in [-0.15, -0.1) is 0 Å². The molecular weight excluding hydrogens is 465 g/mol. The Kier molecular flexibility index (Phi) is 7.42. The van der Waals surface area contributed by atoms with E-state index in [2.05, 4.69) is 33.2 Å². The van der Waals surface area contributed by atoms with E-state index >= 15 is 0 Å². The molecule has 8 heteroatoms. The maximum absolute atomic E-state index is 12.4. The fraction of sp³-hybridized carbons (Fsp3) is 0.278. The van der Waals surface area contributed by atoms with Crippen molar-refractivity contribution in [1.29, 1.82) is 0 Å². The van der Waals surface area contributed by atoms with Crippen LogP contribution < -0.4 is 10.6 Å². The number of amides is 1. The van der Waals surface area contributed by atoms with Crippen LogP contribution in [0.15, 0.2) is 53.4 Å². The summed E-state index contributed by atoms with van der Waals surface area (Å²) in [6.45, 7) is 4.56. The molecule has 26 heavy (non-hydrogen) atoms. The van der Waals surface area contributed by atoms with Crippen LogP contribution in [0.2, 0.25) is 0 Å². The molecule has 140 valence electrons. The zero-order valence-corrected chi connectivity index (χ0v) is 17.7. The van der Waals surface area contributed by atoms with Crippen LogP contribution in [0.4, 0.5) is 11.4 Å². The Labute approximate surface area is 168 Å². The predicted octanol–water partition coefficient (Wildman–Crippen LogP) is 3.37. The number of benzene rings is 2. The van der Waals surface area contributed by atoms with Crippen molar-refractivity contribution in [3.63, 3.8) is 0 Å².